The fraction of sp³-hybridized carbons (Fsp3) is 0.549. The van der Waals surface area contributed by atoms with E-state index in [1.54, 1.807) is 0 Å². The number of nitrogens with one attached hydrogen (secondary N) is 2. The molecular weight excluding hydrogens is 1110 g/mol. The van der Waals surface area contributed by atoms with Gasteiger partial charge in [-0.15, -0.1) is 0 Å². The van der Waals surface area contributed by atoms with Gasteiger partial charge in [0.05, 0.1) is 46.2 Å². The number of hydrogen-bond acceptors (Lipinski definition) is 15. The molecule has 0 unspecified atom stereocenters. The van der Waals surface area contributed by atoms with E-state index >= 15 is 0 Å². The molecule has 0 amide bonds. The lowest BCUT2D eigenvalue weighted by atomic mass is 10.1. The fourth-order valence-corrected chi connectivity index (χ4v) is 10.8. The highest BCUT2D eigenvalue weighted by atomic mass is 16.5. The molecule has 0 radical (unpaired) electrons. The van der Waals surface area contributed by atoms with Crippen LogP contribution in [0.4, 0.5) is 0 Å². The molecule has 5 heterocycles. The molecule has 2 aliphatic rings. The number of H-pyrrole nitrogens is 2. The van der Waals surface area contributed by atoms with Gasteiger partial charge >= 0.3 is 0 Å². The van der Waals surface area contributed by atoms with Gasteiger partial charge in [-0.05, 0) is 108 Å². The second-order valence-electron chi connectivity index (χ2n) is 23.5. The first kappa shape index (κ1) is 65.1. The number of likely N-dealkylation sites (N-methyl/N-ethyl adjacent to an activating group) is 1. The van der Waals surface area contributed by atoms with Crippen LogP contribution in [-0.4, -0.2) is 118 Å². The number of unbranched alkanes of at least 4 members (excludes halogenated alkanes) is 14. The van der Waals surface area contributed by atoms with Gasteiger partial charge < -0.3 is 52.8 Å². The number of benzene rings is 4. The first-order chi connectivity index (χ1) is 43.2. The van der Waals surface area contributed by atoms with Gasteiger partial charge in [-0.3, -0.25) is 0 Å². The average Bonchev–Trinajstić information content (AvgIpc) is 1.80. The first-order valence-electron chi connectivity index (χ1n) is 33.4. The van der Waals surface area contributed by atoms with Crippen molar-refractivity contribution in [2.24, 2.45) is 0 Å². The van der Waals surface area contributed by atoms with E-state index in [1.807, 2.05) is 62.6 Å². The highest BCUT2D eigenvalue weighted by Gasteiger charge is 2.28. The van der Waals surface area contributed by atoms with E-state index in [1.165, 1.54) is 0 Å². The third kappa shape index (κ3) is 16.7. The summed E-state index contributed by atoms with van der Waals surface area (Å²) in [6, 6.07) is 16.2. The molecule has 2 aliphatic heterocycles. The molecule has 3 aromatic heterocycles. The topological polar surface area (TPSA) is 186 Å². The molecule has 0 fully saturated rings. The number of rotatable bonds is 39. The van der Waals surface area contributed by atoms with Crippen molar-refractivity contribution in [2.75, 3.05) is 73.5 Å². The van der Waals surface area contributed by atoms with E-state index in [2.05, 4.69) is 63.3 Å². The van der Waals surface area contributed by atoms with Crippen LogP contribution in [-0.2, 0) is 0 Å². The lowest BCUT2D eigenvalue weighted by Gasteiger charge is -2.16. The number of hydrogen-bond donors (Lipinski definition) is 2. The Bertz CT molecular complexity index is 3540. The molecule has 8 bridgehead atoms. The Hall–Kier alpha value is -7.40. The van der Waals surface area contributed by atoms with Crippen LogP contribution >= 0.6 is 0 Å². The van der Waals surface area contributed by atoms with E-state index in [0.717, 1.165) is 179 Å². The average molecular weight is 1200 g/mol. The monoisotopic (exact) mass is 1200 g/mol. The van der Waals surface area contributed by atoms with E-state index in [9.17, 15) is 0 Å². The molecule has 17 nitrogen and oxygen atoms in total. The Morgan fingerprint density at radius 2 is 0.477 bits per heavy atom. The van der Waals surface area contributed by atoms with E-state index in [4.69, 9.17) is 67.8 Å². The predicted molar refractivity (Wildman–Crippen MR) is 355 cm³/mol. The van der Waals surface area contributed by atoms with Crippen LogP contribution in [0.3, 0.4) is 0 Å². The highest BCUT2D eigenvalue weighted by molar-refractivity contribution is 6.08. The first-order valence-corrected chi connectivity index (χ1v) is 33.4. The minimum atomic E-state index is 0.426. The summed E-state index contributed by atoms with van der Waals surface area (Å²) in [6.45, 7) is 20.3. The predicted octanol–water partition coefficient (Wildman–Crippen LogP) is 17.8. The summed E-state index contributed by atoms with van der Waals surface area (Å²) in [6.07, 6.45) is 21.2. The zero-order chi connectivity index (χ0) is 61.6. The van der Waals surface area contributed by atoms with Crippen molar-refractivity contribution in [3.05, 3.63) is 48.5 Å². The number of nitrogens with zero attached hydrogens (tertiary/aromatic N) is 7. The molecule has 17 heteroatoms. The normalized spacial score (nSPS) is 11.8. The highest BCUT2D eigenvalue weighted by Crippen LogP contribution is 2.46. The van der Waals surface area contributed by atoms with Crippen molar-refractivity contribution < 1.29 is 37.9 Å². The Morgan fingerprint density at radius 3 is 0.682 bits per heavy atom. The van der Waals surface area contributed by atoms with Crippen molar-refractivity contribution >= 4 is 44.1 Å². The third-order valence-corrected chi connectivity index (χ3v) is 15.9. The van der Waals surface area contributed by atoms with E-state index in [0.29, 0.717) is 151 Å². The van der Waals surface area contributed by atoms with Crippen molar-refractivity contribution in [1.82, 2.24) is 44.8 Å². The smallest absolute Gasteiger partial charge is 0.164 e. The maximum Gasteiger partial charge on any atom is 0.164 e. The van der Waals surface area contributed by atoms with Crippen molar-refractivity contribution in [2.45, 2.75) is 183 Å². The van der Waals surface area contributed by atoms with Gasteiger partial charge in [-0.25, -0.2) is 29.9 Å². The van der Waals surface area contributed by atoms with Crippen molar-refractivity contribution in [3.8, 4) is 91.5 Å². The molecule has 0 atom stereocenters. The minimum Gasteiger partial charge on any atom is -0.490 e. The summed E-state index contributed by atoms with van der Waals surface area (Å²) in [4.78, 5) is 42.3. The van der Waals surface area contributed by atoms with Gasteiger partial charge in [0.25, 0.3) is 0 Å². The van der Waals surface area contributed by atoms with Crippen LogP contribution in [0.2, 0.25) is 0 Å². The molecule has 88 heavy (non-hydrogen) atoms. The number of fused-ring (bicyclic) bond motifs is 20. The molecule has 9 rings (SSSR count). The zero-order valence-corrected chi connectivity index (χ0v) is 54.2. The maximum absolute atomic E-state index is 6.65. The molecule has 2 N–H and O–H groups in total. The molecule has 0 spiro atoms. The van der Waals surface area contributed by atoms with Crippen LogP contribution in [0.1, 0.15) is 183 Å². The van der Waals surface area contributed by atoms with Gasteiger partial charge in [-0.2, -0.15) is 0 Å². The van der Waals surface area contributed by atoms with Crippen molar-refractivity contribution in [1.29, 1.82) is 0 Å². The summed E-state index contributed by atoms with van der Waals surface area (Å²) in [7, 11) is 4.07. The molecule has 0 saturated heterocycles. The molecule has 474 valence electrons. The second-order valence-corrected chi connectivity index (χ2v) is 23.5. The van der Waals surface area contributed by atoms with E-state index < -0.39 is 0 Å². The quantitative estimate of drug-likeness (QED) is 0.0346. The van der Waals surface area contributed by atoms with Gasteiger partial charge in [0.1, 0.15) is 29.2 Å². The number of ether oxygens (including phenoxy) is 8. The fourth-order valence-electron chi connectivity index (χ4n) is 10.8. The lowest BCUT2D eigenvalue weighted by Crippen LogP contribution is -2.19. The lowest BCUT2D eigenvalue weighted by molar-refractivity contribution is 0.238. The standard InChI is InChI=1S/C71H97N9O8/c1-10-17-24-32-81-56-40-48-49(41-57(56)82-33-25-18-11-2)65-72-64(48)73-66-50-42-58(83-34-26-19-12-3)59(84-35-27-20-13-4)43-51(50)68(75-66)77-70-54-46-62(87-38-30-23-16-7)63(88-39-31-80(8)9)47-55(54)71(79-70)78-69-53-45-61(86-37-29-22-15-6)60(85-36-28-21-14-5)44-52(53)67(74-65)76-69/h40-47H,10-39H2,1-9H3,(H2,72,73,74,75,76,77,78,79). The summed E-state index contributed by atoms with van der Waals surface area (Å²) >= 11 is 0. The van der Waals surface area contributed by atoms with Gasteiger partial charge in [-0.1, -0.05) is 138 Å². The van der Waals surface area contributed by atoms with Crippen LogP contribution in [0.25, 0.3) is 89.7 Å². The van der Waals surface area contributed by atoms with Gasteiger partial charge in [0.2, 0.25) is 0 Å². The van der Waals surface area contributed by atoms with E-state index in [-0.39, 0.29) is 0 Å². The molecule has 4 aromatic carbocycles. The largest absolute Gasteiger partial charge is 0.490 e. The molecule has 7 aromatic rings. The summed E-state index contributed by atoms with van der Waals surface area (Å²) in [5, 5.41) is 3.08. The number of aromatic amines is 2. The van der Waals surface area contributed by atoms with Crippen LogP contribution in [0.5, 0.6) is 46.0 Å². The van der Waals surface area contributed by atoms with Crippen molar-refractivity contribution in [3.63, 3.8) is 0 Å². The Morgan fingerprint density at radius 1 is 0.273 bits per heavy atom. The van der Waals surface area contributed by atoms with Gasteiger partial charge in [0.15, 0.2) is 69.3 Å². The second kappa shape index (κ2) is 33.3. The SMILES string of the molecule is CCCCCOc1cc2c(cc1OCCCCC)-c1nc-2nc2[nH]c(nc3nc(nc4[nH]c(n1)c1cc(OCCCCC)c(OCCCCC)cc41)-c1cc(OCCN(C)C)c(OCCCCC)cc1-3)c1cc(OCCCCC)c(OCCCCC)cc21. The third-order valence-electron chi connectivity index (χ3n) is 15.9. The molecule has 0 saturated carbocycles. The van der Waals surface area contributed by atoms with Crippen LogP contribution in [0, 0.1) is 0 Å². The Balaban J connectivity index is 1.39. The van der Waals surface area contributed by atoms with Crippen LogP contribution in [0.15, 0.2) is 48.5 Å². The Labute approximate surface area is 521 Å². The molecular formula is C71H97N9O8. The Kier molecular flexibility index (Phi) is 24.6. The summed E-state index contributed by atoms with van der Waals surface area (Å²) in [5.74, 6) is 6.75. The maximum atomic E-state index is 6.65. The minimum absolute atomic E-state index is 0.426. The van der Waals surface area contributed by atoms with Crippen LogP contribution < -0.4 is 37.9 Å². The van der Waals surface area contributed by atoms with Gasteiger partial charge in [0, 0.05) is 50.3 Å². The molecule has 0 aliphatic carbocycles. The summed E-state index contributed by atoms with van der Waals surface area (Å²) < 4.78 is 53.1. The zero-order valence-electron chi connectivity index (χ0n) is 54.2. The number of aromatic nitrogens is 8. The summed E-state index contributed by atoms with van der Waals surface area (Å²) in [5.41, 5.74) is 5.03.